The van der Waals surface area contributed by atoms with Crippen molar-refractivity contribution in [1.29, 1.82) is 0 Å². The monoisotopic (exact) mass is 1980 g/mol. The average molecular weight is 1980 g/mol. The number of unbranched alkanes of at least 4 members (excludes halogenated alkanes) is 5. The highest BCUT2D eigenvalue weighted by Crippen LogP contribution is 2.33. The molecule has 0 spiro atoms. The van der Waals surface area contributed by atoms with Gasteiger partial charge in [0, 0.05) is 211 Å². The minimum atomic E-state index is -3.36. The molecule has 0 saturated carbocycles. The maximum absolute atomic E-state index is 13.2. The van der Waals surface area contributed by atoms with E-state index >= 15 is 0 Å². The van der Waals surface area contributed by atoms with Gasteiger partial charge in [-0.3, -0.25) is 71.8 Å². The fourth-order valence-corrected chi connectivity index (χ4v) is 16.3. The summed E-state index contributed by atoms with van der Waals surface area (Å²) in [5.41, 5.74) is 11.5. The Labute approximate surface area is 857 Å². The van der Waals surface area contributed by atoms with Crippen LogP contribution in [0.15, 0.2) is 300 Å². The molecule has 0 aromatic heterocycles. The van der Waals surface area contributed by atoms with Crippen LogP contribution in [0.1, 0.15) is 319 Å². The fraction of sp³-hybridized carbons (Fsp3) is 0.232. The lowest BCUT2D eigenvalue weighted by Gasteiger charge is -2.19. The zero-order chi connectivity index (χ0) is 106. The molecule has 7 aliphatic carbocycles. The Bertz CT molecular complexity index is 7490. The number of carbonyl (C=O) groups excluding carboxylic acids is 14. The number of benzene rings is 9. The van der Waals surface area contributed by atoms with Gasteiger partial charge < -0.3 is 10.6 Å². The Balaban J connectivity index is 0.000000177. The van der Waals surface area contributed by atoms with Crippen molar-refractivity contribution in [3.05, 3.63) is 395 Å². The number of hydrogen-bond acceptors (Lipinski definition) is 18. The molecule has 19 nitrogen and oxygen atoms in total. The zero-order valence-electron chi connectivity index (χ0n) is 82.8. The lowest BCUT2D eigenvalue weighted by atomic mass is 9.86. The third kappa shape index (κ3) is 32.3. The van der Waals surface area contributed by atoms with Crippen molar-refractivity contribution in [2.24, 2.45) is 5.92 Å². The summed E-state index contributed by atoms with van der Waals surface area (Å²) in [4.78, 5) is 170. The lowest BCUT2D eigenvalue weighted by Crippen LogP contribution is -2.32. The molecule has 0 heterocycles. The van der Waals surface area contributed by atoms with E-state index in [0.717, 1.165) is 77.4 Å². The summed E-state index contributed by atoms with van der Waals surface area (Å²) in [5, 5.41) is 5.86. The van der Waals surface area contributed by atoms with Gasteiger partial charge in [0.05, 0.1) is 24.2 Å². The molecule has 7 aliphatic rings. The summed E-state index contributed by atoms with van der Waals surface area (Å²) in [6.07, 6.45) is 34.9. The predicted octanol–water partition coefficient (Wildman–Crippen LogP) is 23.0. The number of sulfonamides is 1. The van der Waals surface area contributed by atoms with Gasteiger partial charge in [0.2, 0.25) is 21.6 Å². The van der Waals surface area contributed by atoms with Crippen LogP contribution in [-0.2, 0) is 15.9 Å². The fourth-order valence-electron chi connectivity index (χ4n) is 15.8. The first kappa shape index (κ1) is 112. The largest absolute Gasteiger partial charge is 0.378 e. The van der Waals surface area contributed by atoms with Gasteiger partial charge >= 0.3 is 0 Å². The molecular formula is C125H109F2N3O16S. The highest BCUT2D eigenvalue weighted by Gasteiger charge is 2.33. The molecule has 0 aliphatic heterocycles. The van der Waals surface area contributed by atoms with E-state index in [4.69, 9.17) is 12.8 Å². The molecule has 9 aromatic carbocycles. The van der Waals surface area contributed by atoms with Gasteiger partial charge in [0.15, 0.2) is 69.4 Å². The Morgan fingerprint density at radius 1 is 0.347 bits per heavy atom. The molecule has 9 aromatic rings. The summed E-state index contributed by atoms with van der Waals surface area (Å²) in [6, 6.07) is 60.5. The summed E-state index contributed by atoms with van der Waals surface area (Å²) >= 11 is 0. The van der Waals surface area contributed by atoms with Crippen molar-refractivity contribution in [3.8, 4) is 83.9 Å². The second-order valence-corrected chi connectivity index (χ2v) is 36.5. The number of Topliss-reactive ketones (excluding diaryl/α,β-unsaturated/α-hetero) is 7. The molecule has 740 valence electrons. The van der Waals surface area contributed by atoms with Gasteiger partial charge in [0.25, 0.3) is 5.92 Å². The van der Waals surface area contributed by atoms with Crippen LogP contribution in [0.2, 0.25) is 0 Å². The minimum Gasteiger partial charge on any atom is -0.378 e. The van der Waals surface area contributed by atoms with Crippen LogP contribution in [-0.4, -0.2) is 108 Å². The summed E-state index contributed by atoms with van der Waals surface area (Å²) in [6.45, 7) is 11.0. The molecule has 2 atom stereocenters. The number of carbonyl (C=O) groups is 14. The Morgan fingerprint density at radius 3 is 1.07 bits per heavy atom. The molecular weight excluding hydrogens is 1870 g/mol. The molecule has 3 N–H and O–H groups in total. The van der Waals surface area contributed by atoms with Crippen molar-refractivity contribution < 1.29 is 84.3 Å². The van der Waals surface area contributed by atoms with E-state index in [0.29, 0.717) is 180 Å². The maximum atomic E-state index is 13.2. The normalized spacial score (nSPS) is 13.9. The highest BCUT2D eigenvalue weighted by atomic mass is 32.2. The molecule has 16 rings (SSSR count). The van der Waals surface area contributed by atoms with Crippen molar-refractivity contribution in [1.82, 2.24) is 10.6 Å². The van der Waals surface area contributed by atoms with Crippen molar-refractivity contribution in [2.45, 2.75) is 169 Å². The molecule has 2 unspecified atom stereocenters. The number of halogens is 2. The zero-order valence-corrected chi connectivity index (χ0v) is 83.6. The van der Waals surface area contributed by atoms with Crippen LogP contribution in [0, 0.1) is 89.8 Å². The van der Waals surface area contributed by atoms with E-state index in [1.165, 1.54) is 54.7 Å². The number of ketones is 14. The quantitative estimate of drug-likeness (QED) is 0.0396. The molecule has 147 heavy (non-hydrogen) atoms. The van der Waals surface area contributed by atoms with Gasteiger partial charge in [-0.2, -0.15) is 0 Å². The Morgan fingerprint density at radius 2 is 0.687 bits per heavy atom. The van der Waals surface area contributed by atoms with E-state index in [9.17, 15) is 84.3 Å². The number of alkyl halides is 2. The first-order chi connectivity index (χ1) is 70.7. The van der Waals surface area contributed by atoms with Gasteiger partial charge in [-0.25, -0.2) is 17.2 Å². The van der Waals surface area contributed by atoms with Crippen molar-refractivity contribution in [3.63, 3.8) is 0 Å². The molecule has 0 bridgehead atoms. The van der Waals surface area contributed by atoms with Crippen molar-refractivity contribution in [2.75, 3.05) is 17.5 Å². The van der Waals surface area contributed by atoms with Gasteiger partial charge in [-0.05, 0) is 125 Å². The van der Waals surface area contributed by atoms with Gasteiger partial charge in [0.1, 0.15) is 0 Å². The second kappa shape index (κ2) is 55.3. The van der Waals surface area contributed by atoms with Crippen LogP contribution in [0.4, 0.5) is 14.5 Å². The van der Waals surface area contributed by atoms with E-state index in [1.807, 2.05) is 20.8 Å². The van der Waals surface area contributed by atoms with Gasteiger partial charge in [-0.1, -0.05) is 246 Å². The number of anilines is 1. The van der Waals surface area contributed by atoms with Crippen LogP contribution in [0.25, 0.3) is 0 Å². The molecule has 22 heteroatoms. The SMILES string of the molecule is C#CC(C)CC1=CC(=O)c2ccccc2C1=O.C#CCC(C)NC1=CC(=O)c2ccccc2C1=O.CC(F)(F)c1ccc(C#CCCC2=CC(=O)c3ccccc3C2=O)cc1.CCC#CCCC1=CC(=O)c2ccccc2C1=O.CCCC#CCCCC1=CC(=O)c2ccccc2C1=O.CCCCC#CCCCC1=CC(=O)c2ccccc2C1=O.CS(=O)(=O)Nc1cccc(C#CCNC2=CC(=O)c3ccccc3C2=O)c1. The molecule has 0 amide bonds. The molecule has 0 saturated heterocycles. The highest BCUT2D eigenvalue weighted by molar-refractivity contribution is 7.92. The Hall–Kier alpha value is -17.3. The lowest BCUT2D eigenvalue weighted by molar-refractivity contribution is 0.0174. The van der Waals surface area contributed by atoms with Crippen LogP contribution >= 0.6 is 0 Å². The van der Waals surface area contributed by atoms with Gasteiger partial charge in [-0.15, -0.1) is 60.2 Å². The number of nitrogens with one attached hydrogen (secondary N) is 3. The second-order valence-electron chi connectivity index (χ2n) is 34.7. The van der Waals surface area contributed by atoms with E-state index in [-0.39, 0.29) is 111 Å². The smallest absolute Gasteiger partial charge is 0.270 e. The topological polar surface area (TPSA) is 309 Å². The van der Waals surface area contributed by atoms with Crippen LogP contribution in [0.5, 0.6) is 0 Å². The third-order valence-corrected chi connectivity index (χ3v) is 23.8. The van der Waals surface area contributed by atoms with Crippen LogP contribution in [0.3, 0.4) is 0 Å². The summed E-state index contributed by atoms with van der Waals surface area (Å²) in [5.74, 6) is 30.6. The van der Waals surface area contributed by atoms with E-state index in [2.05, 4.69) is 100 Å². The average Bonchev–Trinajstić information content (AvgIpc) is 0.836. The number of rotatable bonds is 23. The van der Waals surface area contributed by atoms with E-state index < -0.39 is 15.9 Å². The molecule has 0 fully saturated rings. The first-order valence-electron chi connectivity index (χ1n) is 48.2. The summed E-state index contributed by atoms with van der Waals surface area (Å²) in [7, 11) is -3.36. The van der Waals surface area contributed by atoms with Crippen molar-refractivity contribution >= 4 is 96.7 Å². The van der Waals surface area contributed by atoms with Crippen LogP contribution < -0.4 is 15.4 Å². The number of allylic oxidation sites excluding steroid dienone is 14. The summed E-state index contributed by atoms with van der Waals surface area (Å²) < 4.78 is 51.3. The first-order valence-corrected chi connectivity index (χ1v) is 50.1. The minimum absolute atomic E-state index is 0.0101. The number of hydrogen-bond donors (Lipinski definition) is 3. The number of fused-ring (bicyclic) bond motifs is 7. The third-order valence-electron chi connectivity index (χ3n) is 23.2. The van der Waals surface area contributed by atoms with E-state index in [1.54, 1.807) is 206 Å². The molecule has 0 radical (unpaired) electrons. The Kier molecular flexibility index (Phi) is 42.0. The standard InChI is InChI=1S/C22H16F2O2.C20H16N2O4S.C19H20O2.C18H18O2.C16H14O2.C15H13NO2.C15H12O2/c1-22(23,24)17-12-10-15(11-13-17)6-2-3-7-16-14-20(25)18-8-4-5-9-19(18)21(16)26;1-27(25,26)22-15-8-4-6-14(12-15)7-5-11-21-18-13-19(23)16-9-2-3-10-17(16)20(18)24;1-2-3-4-5-6-7-8-11-15-14-18(20)16-12-9-10-13-17(16)19(15)21;1-2-3-4-5-6-7-10-14-13-17(19)15-11-8-9-12-16(15)18(14)20;1-2-3-4-5-8-12-11-15(17)13-9-6-7-10-14(13)16(12)18;1-3-6-10(2)16-13-9-14(17)11-7-4-5-8-12(11)15(13)18;1-3-10(2)8-11-9-14(16)12-6-4-5-7-13(12)15(11)17/h4-5,8-14H,3,7H2,1H3;2-4,6,8-10,12-13,21-22H,11H2,1H3;9-10,12-14H,2-4,7-8,11H2,1H3;8-9,11-13H,2-3,6-7,10H2,1H3;6-7,9-11H,2,5,8H2,1H3;1,4-5,7-10,16H,6H2,2H3;1,4-7,9-10H,8H2,2H3. The maximum Gasteiger partial charge on any atom is 0.270 e. The predicted molar refractivity (Wildman–Crippen MR) is 568 cm³/mol. The number of terminal acetylenes is 2.